The van der Waals surface area contributed by atoms with Crippen LogP contribution in [-0.2, 0) is 4.74 Å². The number of piperidine rings is 1. The molecule has 5 heteroatoms. The van der Waals surface area contributed by atoms with Crippen LogP contribution in [0.4, 0.5) is 10.6 Å². The highest BCUT2D eigenvalue weighted by Crippen LogP contribution is 2.34. The smallest absolute Gasteiger partial charge is 0.410 e. The summed E-state index contributed by atoms with van der Waals surface area (Å²) in [5.41, 5.74) is 1.87. The van der Waals surface area contributed by atoms with Gasteiger partial charge in [0.2, 0.25) is 0 Å². The first-order valence-corrected chi connectivity index (χ1v) is 9.56. The van der Waals surface area contributed by atoms with E-state index in [2.05, 4.69) is 17.9 Å². The van der Waals surface area contributed by atoms with Crippen molar-refractivity contribution in [1.29, 1.82) is 0 Å². The maximum absolute atomic E-state index is 12.6. The summed E-state index contributed by atoms with van der Waals surface area (Å²) in [5.74, 6) is 1.10. The second-order valence-electron chi connectivity index (χ2n) is 8.29. The van der Waals surface area contributed by atoms with Gasteiger partial charge in [0, 0.05) is 25.8 Å². The second-order valence-corrected chi connectivity index (χ2v) is 8.29. The largest absolute Gasteiger partial charge is 0.444 e. The van der Waals surface area contributed by atoms with E-state index in [0.29, 0.717) is 0 Å². The maximum atomic E-state index is 12.6. The summed E-state index contributed by atoms with van der Waals surface area (Å²) < 4.78 is 5.62. The Kier molecular flexibility index (Phi) is 5.21. The van der Waals surface area contributed by atoms with Crippen LogP contribution in [0.1, 0.15) is 70.0 Å². The number of amides is 1. The third-order valence-electron chi connectivity index (χ3n) is 4.99. The lowest BCUT2D eigenvalue weighted by Crippen LogP contribution is -2.42. The first kappa shape index (κ1) is 18.0. The topological polar surface area (TPSA) is 45.7 Å². The van der Waals surface area contributed by atoms with Gasteiger partial charge in [0.15, 0.2) is 0 Å². The zero-order valence-corrected chi connectivity index (χ0v) is 16.0. The van der Waals surface area contributed by atoms with Gasteiger partial charge in [0.25, 0.3) is 0 Å². The van der Waals surface area contributed by atoms with Crippen LogP contribution in [0.5, 0.6) is 0 Å². The van der Waals surface area contributed by atoms with Crippen LogP contribution in [0.3, 0.4) is 0 Å². The molecule has 1 aromatic heterocycles. The molecule has 138 valence electrons. The van der Waals surface area contributed by atoms with Crippen LogP contribution in [0.2, 0.25) is 0 Å². The summed E-state index contributed by atoms with van der Waals surface area (Å²) in [4.78, 5) is 21.6. The molecule has 0 radical (unpaired) electrons. The maximum Gasteiger partial charge on any atom is 0.410 e. The number of pyridine rings is 1. The van der Waals surface area contributed by atoms with Crippen LogP contribution >= 0.6 is 0 Å². The molecular formula is C20H31N3O2. The zero-order valence-electron chi connectivity index (χ0n) is 16.0. The number of carbonyl (C=O) groups is 1. The van der Waals surface area contributed by atoms with Crippen molar-refractivity contribution in [1.82, 2.24) is 9.88 Å². The number of hydrogen-bond acceptors (Lipinski definition) is 4. The molecule has 3 rings (SSSR count). The highest BCUT2D eigenvalue weighted by molar-refractivity contribution is 5.69. The van der Waals surface area contributed by atoms with Crippen LogP contribution in [0, 0.1) is 6.92 Å². The van der Waals surface area contributed by atoms with Crippen molar-refractivity contribution in [2.75, 3.05) is 24.5 Å². The fraction of sp³-hybridized carbons (Fsp3) is 0.700. The van der Waals surface area contributed by atoms with Crippen molar-refractivity contribution < 1.29 is 9.53 Å². The molecule has 3 heterocycles. The van der Waals surface area contributed by atoms with Gasteiger partial charge in [0.1, 0.15) is 11.4 Å². The van der Waals surface area contributed by atoms with E-state index >= 15 is 0 Å². The summed E-state index contributed by atoms with van der Waals surface area (Å²) in [6.07, 6.45) is 7.40. The summed E-state index contributed by atoms with van der Waals surface area (Å²) in [5, 5.41) is 0. The Labute approximate surface area is 151 Å². The monoisotopic (exact) mass is 345 g/mol. The predicted octanol–water partition coefficient (Wildman–Crippen LogP) is 4.45. The molecular weight excluding hydrogens is 314 g/mol. The summed E-state index contributed by atoms with van der Waals surface area (Å²) >= 11 is 0. The van der Waals surface area contributed by atoms with E-state index in [9.17, 15) is 4.79 Å². The van der Waals surface area contributed by atoms with Gasteiger partial charge in [0.05, 0.1) is 6.04 Å². The number of nitrogens with zero attached hydrogens (tertiary/aromatic N) is 3. The summed E-state index contributed by atoms with van der Waals surface area (Å²) in [6, 6.07) is 2.29. The number of rotatable bonds is 2. The van der Waals surface area contributed by atoms with Crippen molar-refractivity contribution in [3.05, 3.63) is 23.4 Å². The average Bonchev–Trinajstić information content (AvgIpc) is 3.07. The van der Waals surface area contributed by atoms with E-state index in [1.54, 1.807) is 0 Å². The number of likely N-dealkylation sites (tertiary alicyclic amines) is 1. The Balaban J connectivity index is 1.80. The minimum absolute atomic E-state index is 0.0717. The molecule has 0 spiro atoms. The molecule has 1 amide bonds. The second kappa shape index (κ2) is 7.22. The molecule has 0 aliphatic carbocycles. The van der Waals surface area contributed by atoms with Crippen molar-refractivity contribution in [3.8, 4) is 0 Å². The first-order chi connectivity index (χ1) is 11.8. The van der Waals surface area contributed by atoms with E-state index in [4.69, 9.17) is 9.72 Å². The SMILES string of the molecule is Cc1cc([C@@H]2CCCCN2C(=O)OC(C)(C)C)cnc1N1CCCC1. The standard InChI is InChI=1S/C20H31N3O2/c1-15-13-16(14-21-18(15)22-10-7-8-11-22)17-9-5-6-12-23(17)19(24)25-20(2,3)4/h13-14,17H,5-12H2,1-4H3/t17-/m0/s1. The lowest BCUT2D eigenvalue weighted by atomic mass is 9.96. The van der Waals surface area contributed by atoms with Gasteiger partial charge in [-0.25, -0.2) is 9.78 Å². The summed E-state index contributed by atoms with van der Waals surface area (Å²) in [7, 11) is 0. The molecule has 0 aromatic carbocycles. The minimum Gasteiger partial charge on any atom is -0.444 e. The zero-order chi connectivity index (χ0) is 18.0. The number of anilines is 1. The lowest BCUT2D eigenvalue weighted by molar-refractivity contribution is 0.00947. The lowest BCUT2D eigenvalue weighted by Gasteiger charge is -2.37. The number of ether oxygens (including phenoxy) is 1. The summed E-state index contributed by atoms with van der Waals surface area (Å²) in [6.45, 7) is 10.8. The molecule has 0 bridgehead atoms. The molecule has 0 N–H and O–H groups in total. The molecule has 1 aromatic rings. The van der Waals surface area contributed by atoms with E-state index in [1.165, 1.54) is 18.4 Å². The van der Waals surface area contributed by atoms with Crippen LogP contribution < -0.4 is 4.90 Å². The average molecular weight is 345 g/mol. The highest BCUT2D eigenvalue weighted by Gasteiger charge is 2.32. The molecule has 2 fully saturated rings. The number of aromatic nitrogens is 1. The number of hydrogen-bond donors (Lipinski definition) is 0. The van der Waals surface area contributed by atoms with E-state index in [-0.39, 0.29) is 12.1 Å². The fourth-order valence-corrected chi connectivity index (χ4v) is 3.85. The van der Waals surface area contributed by atoms with Crippen LogP contribution in [-0.4, -0.2) is 41.2 Å². The Morgan fingerprint density at radius 2 is 1.84 bits per heavy atom. The van der Waals surface area contributed by atoms with Crippen molar-refractivity contribution >= 4 is 11.9 Å². The highest BCUT2D eigenvalue weighted by atomic mass is 16.6. The van der Waals surface area contributed by atoms with Gasteiger partial charge in [-0.2, -0.15) is 0 Å². The molecule has 2 saturated heterocycles. The van der Waals surface area contributed by atoms with E-state index in [1.807, 2.05) is 31.9 Å². The normalized spacial score (nSPS) is 21.5. The molecule has 2 aliphatic rings. The fourth-order valence-electron chi connectivity index (χ4n) is 3.85. The Morgan fingerprint density at radius 1 is 1.16 bits per heavy atom. The molecule has 5 nitrogen and oxygen atoms in total. The van der Waals surface area contributed by atoms with Gasteiger partial charge < -0.3 is 14.5 Å². The third-order valence-corrected chi connectivity index (χ3v) is 4.99. The first-order valence-electron chi connectivity index (χ1n) is 9.56. The van der Waals surface area contributed by atoms with E-state index in [0.717, 1.165) is 50.3 Å². The van der Waals surface area contributed by atoms with Crippen molar-refractivity contribution in [2.45, 2.75) is 71.4 Å². The Bertz CT molecular complexity index is 618. The minimum atomic E-state index is -0.465. The van der Waals surface area contributed by atoms with Gasteiger partial charge in [-0.05, 0) is 77.0 Å². The van der Waals surface area contributed by atoms with Crippen LogP contribution in [0.25, 0.3) is 0 Å². The molecule has 25 heavy (non-hydrogen) atoms. The van der Waals surface area contributed by atoms with Gasteiger partial charge in [-0.15, -0.1) is 0 Å². The predicted molar refractivity (Wildman–Crippen MR) is 100.0 cm³/mol. The molecule has 2 aliphatic heterocycles. The van der Waals surface area contributed by atoms with Crippen molar-refractivity contribution in [2.24, 2.45) is 0 Å². The van der Waals surface area contributed by atoms with Crippen molar-refractivity contribution in [3.63, 3.8) is 0 Å². The number of carbonyl (C=O) groups excluding carboxylic acids is 1. The van der Waals surface area contributed by atoms with E-state index < -0.39 is 5.60 Å². The quantitative estimate of drug-likeness (QED) is 0.794. The molecule has 1 atom stereocenters. The van der Waals surface area contributed by atoms with Crippen LogP contribution in [0.15, 0.2) is 12.3 Å². The van der Waals surface area contributed by atoms with Gasteiger partial charge in [-0.3, -0.25) is 0 Å². The van der Waals surface area contributed by atoms with Gasteiger partial charge in [-0.1, -0.05) is 0 Å². The molecule has 0 saturated carbocycles. The third kappa shape index (κ3) is 4.25. The number of aryl methyl sites for hydroxylation is 1. The Morgan fingerprint density at radius 3 is 2.48 bits per heavy atom. The van der Waals surface area contributed by atoms with Gasteiger partial charge >= 0.3 is 6.09 Å². The molecule has 0 unspecified atom stereocenters. The Hall–Kier alpha value is -1.78.